The molecule has 0 saturated heterocycles. The second kappa shape index (κ2) is 5.38. The molecule has 0 saturated carbocycles. The Morgan fingerprint density at radius 3 is 2.67 bits per heavy atom. The fourth-order valence-corrected chi connectivity index (χ4v) is 3.11. The first-order valence-corrected chi connectivity index (χ1v) is 7.00. The summed E-state index contributed by atoms with van der Waals surface area (Å²) < 4.78 is 1.86. The first-order valence-electron chi connectivity index (χ1n) is 5.80. The lowest BCUT2D eigenvalue weighted by Gasteiger charge is -2.14. The Morgan fingerprint density at radius 1 is 1.50 bits per heavy atom. The maximum atomic E-state index is 6.28. The lowest BCUT2D eigenvalue weighted by atomic mass is 10.1. The van der Waals surface area contributed by atoms with Crippen molar-refractivity contribution in [2.45, 2.75) is 26.3 Å². The van der Waals surface area contributed by atoms with Gasteiger partial charge in [-0.2, -0.15) is 5.10 Å². The van der Waals surface area contributed by atoms with Crippen molar-refractivity contribution in [1.82, 2.24) is 20.1 Å². The minimum Gasteiger partial charge on any atom is -0.312 e. The van der Waals surface area contributed by atoms with Crippen LogP contribution in [0.5, 0.6) is 0 Å². The summed E-state index contributed by atoms with van der Waals surface area (Å²) in [6.45, 7) is 3.94. The summed E-state index contributed by atoms with van der Waals surface area (Å²) in [5.41, 5.74) is 1.93. The van der Waals surface area contributed by atoms with Crippen molar-refractivity contribution in [1.29, 1.82) is 0 Å². The van der Waals surface area contributed by atoms with Gasteiger partial charge in [0.2, 0.25) is 0 Å². The molecule has 0 radical (unpaired) electrons. The number of rotatable bonds is 4. The Kier molecular flexibility index (Phi) is 4.04. The van der Waals surface area contributed by atoms with E-state index in [2.05, 4.69) is 15.4 Å². The number of nitrogens with zero attached hydrogens (tertiary/aromatic N) is 3. The summed E-state index contributed by atoms with van der Waals surface area (Å²) in [7, 11) is 3.88. The summed E-state index contributed by atoms with van der Waals surface area (Å²) >= 11 is 8.00. The normalized spacial score (nSPS) is 12.9. The van der Waals surface area contributed by atoms with E-state index >= 15 is 0 Å². The van der Waals surface area contributed by atoms with Crippen LogP contribution in [0.3, 0.4) is 0 Å². The number of hydrogen-bond donors (Lipinski definition) is 1. The molecule has 6 heteroatoms. The predicted molar refractivity (Wildman–Crippen MR) is 75.3 cm³/mol. The van der Waals surface area contributed by atoms with E-state index in [0.717, 1.165) is 27.8 Å². The van der Waals surface area contributed by atoms with Gasteiger partial charge in [-0.1, -0.05) is 11.6 Å². The maximum absolute atomic E-state index is 6.28. The average molecular weight is 285 g/mol. The van der Waals surface area contributed by atoms with Gasteiger partial charge in [-0.05, 0) is 20.9 Å². The lowest BCUT2D eigenvalue weighted by Crippen LogP contribution is -2.19. The zero-order valence-corrected chi connectivity index (χ0v) is 12.6. The van der Waals surface area contributed by atoms with Gasteiger partial charge in [0.1, 0.15) is 0 Å². The molecule has 0 aromatic carbocycles. The van der Waals surface area contributed by atoms with Crippen LogP contribution in [0.15, 0.2) is 6.20 Å². The van der Waals surface area contributed by atoms with Crippen molar-refractivity contribution in [2.75, 3.05) is 7.05 Å². The van der Waals surface area contributed by atoms with Crippen LogP contribution in [0.2, 0.25) is 5.02 Å². The Labute approximate surface area is 116 Å². The van der Waals surface area contributed by atoms with Gasteiger partial charge in [0.05, 0.1) is 21.4 Å². The van der Waals surface area contributed by atoms with Crippen molar-refractivity contribution in [3.63, 3.8) is 0 Å². The van der Waals surface area contributed by atoms with Gasteiger partial charge in [0.15, 0.2) is 0 Å². The zero-order valence-electron chi connectivity index (χ0n) is 11.0. The number of aromatic nitrogens is 3. The molecule has 1 unspecified atom stereocenters. The Bertz CT molecular complexity index is 546. The van der Waals surface area contributed by atoms with E-state index in [9.17, 15) is 0 Å². The van der Waals surface area contributed by atoms with E-state index < -0.39 is 0 Å². The van der Waals surface area contributed by atoms with Gasteiger partial charge in [-0.3, -0.25) is 4.68 Å². The largest absolute Gasteiger partial charge is 0.312 e. The van der Waals surface area contributed by atoms with Crippen LogP contribution in [0, 0.1) is 13.8 Å². The van der Waals surface area contributed by atoms with Crippen LogP contribution in [-0.4, -0.2) is 21.8 Å². The van der Waals surface area contributed by atoms with Crippen LogP contribution in [0.1, 0.15) is 27.3 Å². The van der Waals surface area contributed by atoms with Gasteiger partial charge in [-0.25, -0.2) is 4.98 Å². The van der Waals surface area contributed by atoms with Crippen molar-refractivity contribution in [3.05, 3.63) is 32.5 Å². The van der Waals surface area contributed by atoms with Crippen LogP contribution >= 0.6 is 22.9 Å². The SMILES string of the molecule is CNC(Cc1c(Cl)c(C)nn1C)c1cnc(C)s1. The number of thiazole rings is 1. The highest BCUT2D eigenvalue weighted by Crippen LogP contribution is 2.27. The maximum Gasteiger partial charge on any atom is 0.0897 e. The van der Waals surface area contributed by atoms with Crippen LogP contribution < -0.4 is 5.32 Å². The first-order chi connectivity index (χ1) is 8.52. The summed E-state index contributed by atoms with van der Waals surface area (Å²) in [4.78, 5) is 5.53. The predicted octanol–water partition coefficient (Wildman–Crippen LogP) is 2.65. The smallest absolute Gasteiger partial charge is 0.0897 e. The van der Waals surface area contributed by atoms with Crippen LogP contribution in [0.25, 0.3) is 0 Å². The molecular formula is C12H17ClN4S. The highest BCUT2D eigenvalue weighted by molar-refractivity contribution is 7.11. The topological polar surface area (TPSA) is 42.7 Å². The van der Waals surface area contributed by atoms with Crippen molar-refractivity contribution >= 4 is 22.9 Å². The molecule has 2 rings (SSSR count). The number of halogens is 1. The minimum atomic E-state index is 0.225. The second-order valence-corrected chi connectivity index (χ2v) is 5.94. The fraction of sp³-hybridized carbons (Fsp3) is 0.500. The third-order valence-electron chi connectivity index (χ3n) is 2.99. The van der Waals surface area contributed by atoms with E-state index in [-0.39, 0.29) is 6.04 Å². The molecule has 1 N–H and O–H groups in total. The monoisotopic (exact) mass is 284 g/mol. The molecule has 18 heavy (non-hydrogen) atoms. The number of hydrogen-bond acceptors (Lipinski definition) is 4. The Morgan fingerprint density at radius 2 is 2.22 bits per heavy atom. The summed E-state index contributed by atoms with van der Waals surface area (Å²) in [5, 5.41) is 9.50. The molecule has 0 aliphatic heterocycles. The molecule has 0 amide bonds. The highest BCUT2D eigenvalue weighted by Gasteiger charge is 2.18. The van der Waals surface area contributed by atoms with Crippen LogP contribution in [0.4, 0.5) is 0 Å². The number of aryl methyl sites for hydroxylation is 3. The summed E-state index contributed by atoms with van der Waals surface area (Å²) in [6.07, 6.45) is 2.74. The zero-order chi connectivity index (χ0) is 13.3. The van der Waals surface area contributed by atoms with Gasteiger partial charge < -0.3 is 5.32 Å². The highest BCUT2D eigenvalue weighted by atomic mass is 35.5. The molecule has 0 spiro atoms. The van der Waals surface area contributed by atoms with Crippen LogP contribution in [-0.2, 0) is 13.5 Å². The summed E-state index contributed by atoms with van der Waals surface area (Å²) in [5.74, 6) is 0. The number of likely N-dealkylation sites (N-methyl/N-ethyl adjacent to an activating group) is 1. The quantitative estimate of drug-likeness (QED) is 0.939. The van der Waals surface area contributed by atoms with Gasteiger partial charge in [-0.15, -0.1) is 11.3 Å². The third kappa shape index (κ3) is 2.58. The van der Waals surface area contributed by atoms with E-state index in [1.54, 1.807) is 11.3 Å². The van der Waals surface area contributed by atoms with Gasteiger partial charge >= 0.3 is 0 Å². The van der Waals surface area contributed by atoms with Gasteiger partial charge in [0.25, 0.3) is 0 Å². The third-order valence-corrected chi connectivity index (χ3v) is 4.51. The molecule has 0 fully saturated rings. The van der Waals surface area contributed by atoms with E-state index in [1.165, 1.54) is 4.88 Å². The molecule has 4 nitrogen and oxygen atoms in total. The van der Waals surface area contributed by atoms with E-state index in [1.807, 2.05) is 38.8 Å². The Hall–Kier alpha value is -0.910. The molecule has 2 aromatic heterocycles. The van der Waals surface area contributed by atoms with Crippen molar-refractivity contribution in [3.8, 4) is 0 Å². The van der Waals surface area contributed by atoms with Crippen molar-refractivity contribution in [2.24, 2.45) is 7.05 Å². The molecular weight excluding hydrogens is 268 g/mol. The van der Waals surface area contributed by atoms with E-state index in [4.69, 9.17) is 11.6 Å². The van der Waals surface area contributed by atoms with E-state index in [0.29, 0.717) is 0 Å². The minimum absolute atomic E-state index is 0.225. The van der Waals surface area contributed by atoms with Gasteiger partial charge in [0, 0.05) is 30.6 Å². The Balaban J connectivity index is 2.25. The molecule has 0 bridgehead atoms. The molecule has 1 atom stereocenters. The standard InChI is InChI=1S/C12H17ClN4S/c1-7-12(13)10(17(4)16-7)5-9(14-3)11-6-15-8(2)18-11/h6,9,14H,5H2,1-4H3. The second-order valence-electron chi connectivity index (χ2n) is 4.30. The molecule has 2 aromatic rings. The molecule has 0 aliphatic rings. The molecule has 0 aliphatic carbocycles. The first kappa shape index (κ1) is 13.5. The lowest BCUT2D eigenvalue weighted by molar-refractivity contribution is 0.568. The summed E-state index contributed by atoms with van der Waals surface area (Å²) in [6, 6.07) is 0.225. The van der Waals surface area contributed by atoms with Crippen molar-refractivity contribution < 1.29 is 0 Å². The average Bonchev–Trinajstić information content (AvgIpc) is 2.84. The fourth-order valence-electron chi connectivity index (χ4n) is 1.98. The molecule has 2 heterocycles. The number of nitrogens with one attached hydrogen (secondary N) is 1. The molecule has 98 valence electrons.